The van der Waals surface area contributed by atoms with Crippen molar-refractivity contribution in [1.82, 2.24) is 4.98 Å². The first-order valence-electron chi connectivity index (χ1n) is 4.48. The minimum atomic E-state index is -1.02. The number of nitrogens with two attached hydrogens (primary N) is 1. The molecule has 0 amide bonds. The Bertz CT molecular complexity index is 550. The zero-order valence-corrected chi connectivity index (χ0v) is 8.19. The molecule has 0 bridgehead atoms. The molecule has 0 aliphatic heterocycles. The van der Waals surface area contributed by atoms with E-state index in [0.717, 1.165) is 10.9 Å². The molecule has 2 rings (SSSR count). The number of hydrogen-bond donors (Lipinski definition) is 2. The van der Waals surface area contributed by atoms with Crippen molar-refractivity contribution >= 4 is 22.6 Å². The predicted octanol–water partition coefficient (Wildman–Crippen LogP) is 1.82. The van der Waals surface area contributed by atoms with E-state index in [9.17, 15) is 4.79 Å². The number of aromatic carboxylic acids is 1. The fourth-order valence-electron chi connectivity index (χ4n) is 1.41. The highest BCUT2D eigenvalue weighted by molar-refractivity contribution is 5.91. The Balaban J connectivity index is 2.72. The molecule has 0 aliphatic carbocycles. The molecule has 0 saturated carbocycles. The number of hydrogen-bond acceptors (Lipinski definition) is 3. The molecule has 0 radical (unpaired) electrons. The molecule has 0 atom stereocenters. The summed E-state index contributed by atoms with van der Waals surface area (Å²) in [6, 6.07) is 6.77. The fraction of sp³-hybridized carbons (Fsp3) is 0.0909. The van der Waals surface area contributed by atoms with Crippen LogP contribution < -0.4 is 5.73 Å². The SMILES string of the molecule is Cc1cc2nc(C(=O)O)ccc2cc1N. The second kappa shape index (κ2) is 3.24. The lowest BCUT2D eigenvalue weighted by Crippen LogP contribution is -2.00. The molecular weight excluding hydrogens is 192 g/mol. The smallest absolute Gasteiger partial charge is 0.354 e. The average molecular weight is 202 g/mol. The molecule has 1 aromatic heterocycles. The summed E-state index contributed by atoms with van der Waals surface area (Å²) in [4.78, 5) is 14.7. The second-order valence-corrected chi connectivity index (χ2v) is 3.40. The Morgan fingerprint density at radius 2 is 2.13 bits per heavy atom. The van der Waals surface area contributed by atoms with E-state index >= 15 is 0 Å². The van der Waals surface area contributed by atoms with E-state index < -0.39 is 5.97 Å². The molecule has 0 aliphatic rings. The number of rotatable bonds is 1. The third kappa shape index (κ3) is 1.61. The van der Waals surface area contributed by atoms with Crippen LogP contribution in [0.2, 0.25) is 0 Å². The lowest BCUT2D eigenvalue weighted by Gasteiger charge is -2.03. The molecule has 76 valence electrons. The van der Waals surface area contributed by atoms with Crippen molar-refractivity contribution in [2.45, 2.75) is 6.92 Å². The molecule has 0 spiro atoms. The van der Waals surface area contributed by atoms with Crippen molar-refractivity contribution in [1.29, 1.82) is 0 Å². The number of anilines is 1. The topological polar surface area (TPSA) is 76.2 Å². The summed E-state index contributed by atoms with van der Waals surface area (Å²) < 4.78 is 0. The van der Waals surface area contributed by atoms with Gasteiger partial charge >= 0.3 is 5.97 Å². The van der Waals surface area contributed by atoms with Crippen LogP contribution >= 0.6 is 0 Å². The summed E-state index contributed by atoms with van der Waals surface area (Å²) in [6.45, 7) is 1.86. The molecule has 3 N–H and O–H groups in total. The van der Waals surface area contributed by atoms with Crippen LogP contribution in [0.5, 0.6) is 0 Å². The Hall–Kier alpha value is -2.10. The van der Waals surface area contributed by atoms with E-state index in [0.29, 0.717) is 11.2 Å². The van der Waals surface area contributed by atoms with Crippen molar-refractivity contribution in [3.05, 3.63) is 35.5 Å². The molecule has 0 fully saturated rings. The summed E-state index contributed by atoms with van der Waals surface area (Å²) in [5, 5.41) is 9.63. The number of carboxylic acid groups (broad SMARTS) is 1. The van der Waals surface area contributed by atoms with Crippen LogP contribution in [0.25, 0.3) is 10.9 Å². The monoisotopic (exact) mass is 202 g/mol. The normalized spacial score (nSPS) is 10.5. The largest absolute Gasteiger partial charge is 0.477 e. The number of carboxylic acids is 1. The molecule has 4 nitrogen and oxygen atoms in total. The minimum absolute atomic E-state index is 0.0478. The number of nitrogens with zero attached hydrogens (tertiary/aromatic N) is 1. The summed E-state index contributed by atoms with van der Waals surface area (Å²) in [6.07, 6.45) is 0. The van der Waals surface area contributed by atoms with E-state index in [-0.39, 0.29) is 5.69 Å². The van der Waals surface area contributed by atoms with Gasteiger partial charge in [0.15, 0.2) is 0 Å². The molecule has 0 saturated heterocycles. The Morgan fingerprint density at radius 1 is 1.40 bits per heavy atom. The van der Waals surface area contributed by atoms with Gasteiger partial charge in [-0.1, -0.05) is 6.07 Å². The number of aryl methyl sites for hydroxylation is 1. The van der Waals surface area contributed by atoms with Crippen LogP contribution in [-0.2, 0) is 0 Å². The van der Waals surface area contributed by atoms with Crippen molar-refractivity contribution in [2.75, 3.05) is 5.73 Å². The number of fused-ring (bicyclic) bond motifs is 1. The summed E-state index contributed by atoms with van der Waals surface area (Å²) >= 11 is 0. The first kappa shape index (κ1) is 9.45. The quantitative estimate of drug-likeness (QED) is 0.691. The van der Waals surface area contributed by atoms with Gasteiger partial charge in [-0.2, -0.15) is 0 Å². The zero-order chi connectivity index (χ0) is 11.0. The first-order chi connectivity index (χ1) is 7.08. The highest BCUT2D eigenvalue weighted by Gasteiger charge is 2.06. The van der Waals surface area contributed by atoms with Gasteiger partial charge in [0.1, 0.15) is 5.69 Å². The molecular formula is C11H10N2O2. The summed E-state index contributed by atoms with van der Waals surface area (Å²) in [5.41, 5.74) is 8.03. The summed E-state index contributed by atoms with van der Waals surface area (Å²) in [5.74, 6) is -1.02. The van der Waals surface area contributed by atoms with Crippen LogP contribution in [0.3, 0.4) is 0 Å². The number of carbonyl (C=O) groups is 1. The number of pyridine rings is 1. The van der Waals surface area contributed by atoms with Crippen LogP contribution in [-0.4, -0.2) is 16.1 Å². The lowest BCUT2D eigenvalue weighted by atomic mass is 10.1. The van der Waals surface area contributed by atoms with Crippen LogP contribution in [0, 0.1) is 6.92 Å². The highest BCUT2D eigenvalue weighted by atomic mass is 16.4. The molecule has 1 aromatic carbocycles. The van der Waals surface area contributed by atoms with Crippen LogP contribution in [0.4, 0.5) is 5.69 Å². The van der Waals surface area contributed by atoms with Gasteiger partial charge in [-0.15, -0.1) is 0 Å². The maximum absolute atomic E-state index is 10.7. The van der Waals surface area contributed by atoms with Gasteiger partial charge in [0.2, 0.25) is 0 Å². The van der Waals surface area contributed by atoms with Crippen molar-refractivity contribution < 1.29 is 9.90 Å². The number of aromatic nitrogens is 1. The number of benzene rings is 1. The van der Waals surface area contributed by atoms with Gasteiger partial charge in [-0.05, 0) is 30.7 Å². The van der Waals surface area contributed by atoms with Crippen molar-refractivity contribution in [2.24, 2.45) is 0 Å². The van der Waals surface area contributed by atoms with Gasteiger partial charge in [-0.3, -0.25) is 0 Å². The van der Waals surface area contributed by atoms with Gasteiger partial charge in [-0.25, -0.2) is 9.78 Å². The second-order valence-electron chi connectivity index (χ2n) is 3.40. The zero-order valence-electron chi connectivity index (χ0n) is 8.19. The van der Waals surface area contributed by atoms with Crippen LogP contribution in [0.15, 0.2) is 24.3 Å². The van der Waals surface area contributed by atoms with Crippen molar-refractivity contribution in [3.8, 4) is 0 Å². The third-order valence-electron chi connectivity index (χ3n) is 2.30. The van der Waals surface area contributed by atoms with Crippen LogP contribution in [0.1, 0.15) is 16.1 Å². The third-order valence-corrected chi connectivity index (χ3v) is 2.30. The molecule has 0 unspecified atom stereocenters. The average Bonchev–Trinajstić information content (AvgIpc) is 2.19. The molecule has 2 aromatic rings. The van der Waals surface area contributed by atoms with Gasteiger partial charge < -0.3 is 10.8 Å². The van der Waals surface area contributed by atoms with E-state index in [1.807, 2.05) is 6.92 Å². The van der Waals surface area contributed by atoms with Crippen molar-refractivity contribution in [3.63, 3.8) is 0 Å². The fourth-order valence-corrected chi connectivity index (χ4v) is 1.41. The van der Waals surface area contributed by atoms with Gasteiger partial charge in [0.05, 0.1) is 5.52 Å². The van der Waals surface area contributed by atoms with E-state index in [1.165, 1.54) is 6.07 Å². The maximum Gasteiger partial charge on any atom is 0.354 e. The summed E-state index contributed by atoms with van der Waals surface area (Å²) in [7, 11) is 0. The highest BCUT2D eigenvalue weighted by Crippen LogP contribution is 2.20. The molecule has 1 heterocycles. The Labute approximate surface area is 86.4 Å². The predicted molar refractivity (Wildman–Crippen MR) is 57.9 cm³/mol. The standard InChI is InChI=1S/C11H10N2O2/c1-6-4-10-7(5-8(6)12)2-3-9(13-10)11(14)15/h2-5H,12H2,1H3,(H,14,15). The van der Waals surface area contributed by atoms with E-state index in [2.05, 4.69) is 4.98 Å². The lowest BCUT2D eigenvalue weighted by molar-refractivity contribution is 0.0691. The van der Waals surface area contributed by atoms with E-state index in [4.69, 9.17) is 10.8 Å². The van der Waals surface area contributed by atoms with Gasteiger partial charge in [0, 0.05) is 11.1 Å². The molecule has 15 heavy (non-hydrogen) atoms. The first-order valence-corrected chi connectivity index (χ1v) is 4.48. The Kier molecular flexibility index (Phi) is 2.04. The molecule has 4 heteroatoms. The van der Waals surface area contributed by atoms with Gasteiger partial charge in [0.25, 0.3) is 0 Å². The Morgan fingerprint density at radius 3 is 2.80 bits per heavy atom. The van der Waals surface area contributed by atoms with E-state index in [1.54, 1.807) is 18.2 Å². The maximum atomic E-state index is 10.7. The number of nitrogen functional groups attached to an aromatic ring is 1. The minimum Gasteiger partial charge on any atom is -0.477 e.